The summed E-state index contributed by atoms with van der Waals surface area (Å²) in [6.45, 7) is 17.8. The predicted octanol–water partition coefficient (Wildman–Crippen LogP) is 5.42. The van der Waals surface area contributed by atoms with E-state index in [1.807, 2.05) is 6.08 Å². The first-order chi connectivity index (χ1) is 13.4. The van der Waals surface area contributed by atoms with E-state index in [2.05, 4.69) is 60.3 Å². The molecule has 2 saturated carbocycles. The quantitative estimate of drug-likeness (QED) is 0.531. The SMILES string of the molecule is C=C1/C(=C\C=C\[C@@H]2CC[C@](C)([C@@H](C)CC[C@@H](O)C(C)C)C2(C)C)C[C@@H](O)CC1O. The summed E-state index contributed by atoms with van der Waals surface area (Å²) in [6, 6.07) is 0. The first kappa shape index (κ1) is 24.4. The second-order valence-corrected chi connectivity index (χ2v) is 10.8. The standard InChI is InChI=1S/C26H44O3/c1-17(2)23(28)12-11-18(3)26(7)14-13-21(25(26,5)6)10-8-9-20-15-22(27)16-24(29)19(20)4/h8-10,17-18,21-24,27-29H,4,11-16H2,1-3,5-7H3/b10-8+,20-9-/t18-,21+,22+,23+,24?,26+/m0/s1. The third kappa shape index (κ3) is 5.24. The summed E-state index contributed by atoms with van der Waals surface area (Å²) in [5.41, 5.74) is 2.12. The highest BCUT2D eigenvalue weighted by Crippen LogP contribution is 2.60. The average Bonchev–Trinajstić information content (AvgIpc) is 2.87. The molecule has 2 aliphatic carbocycles. The fourth-order valence-electron chi connectivity index (χ4n) is 5.42. The molecule has 2 rings (SSSR count). The molecule has 1 unspecified atom stereocenters. The van der Waals surface area contributed by atoms with Crippen molar-refractivity contribution in [1.29, 1.82) is 0 Å². The monoisotopic (exact) mass is 404 g/mol. The first-order valence-electron chi connectivity index (χ1n) is 11.5. The molecule has 3 nitrogen and oxygen atoms in total. The highest BCUT2D eigenvalue weighted by atomic mass is 16.3. The molecule has 0 heterocycles. The molecule has 0 saturated heterocycles. The maximum absolute atomic E-state index is 10.2. The third-order valence-electron chi connectivity index (χ3n) is 8.53. The molecule has 0 aromatic carbocycles. The highest BCUT2D eigenvalue weighted by molar-refractivity contribution is 5.37. The molecule has 2 fully saturated rings. The molecule has 6 atom stereocenters. The second kappa shape index (κ2) is 9.49. The van der Waals surface area contributed by atoms with Gasteiger partial charge in [-0.2, -0.15) is 0 Å². The zero-order chi connectivity index (χ0) is 22.0. The topological polar surface area (TPSA) is 60.7 Å². The molecule has 0 aromatic heterocycles. The van der Waals surface area contributed by atoms with Crippen molar-refractivity contribution in [2.75, 3.05) is 0 Å². The van der Waals surface area contributed by atoms with Gasteiger partial charge in [-0.15, -0.1) is 0 Å². The largest absolute Gasteiger partial charge is 0.393 e. The maximum atomic E-state index is 10.2. The van der Waals surface area contributed by atoms with Gasteiger partial charge in [0.05, 0.1) is 18.3 Å². The summed E-state index contributed by atoms with van der Waals surface area (Å²) in [5, 5.41) is 30.2. The molecular weight excluding hydrogens is 360 g/mol. The number of allylic oxidation sites excluding steroid dienone is 3. The molecule has 0 radical (unpaired) electrons. The lowest BCUT2D eigenvalue weighted by Crippen LogP contribution is -2.39. The lowest BCUT2D eigenvalue weighted by molar-refractivity contribution is 0.0277. The van der Waals surface area contributed by atoms with E-state index >= 15 is 0 Å². The minimum atomic E-state index is -0.633. The van der Waals surface area contributed by atoms with Crippen molar-refractivity contribution >= 4 is 0 Å². The lowest BCUT2D eigenvalue weighted by Gasteiger charge is -2.46. The van der Waals surface area contributed by atoms with Crippen LogP contribution >= 0.6 is 0 Å². The fraction of sp³-hybridized carbons (Fsp3) is 0.769. The van der Waals surface area contributed by atoms with E-state index < -0.39 is 12.2 Å². The molecule has 166 valence electrons. The summed E-state index contributed by atoms with van der Waals surface area (Å²) in [4.78, 5) is 0. The van der Waals surface area contributed by atoms with Crippen LogP contribution in [0.5, 0.6) is 0 Å². The Kier molecular flexibility index (Phi) is 7.98. The first-order valence-corrected chi connectivity index (χ1v) is 11.5. The summed E-state index contributed by atoms with van der Waals surface area (Å²) in [7, 11) is 0. The van der Waals surface area contributed by atoms with Gasteiger partial charge in [0.25, 0.3) is 0 Å². The van der Waals surface area contributed by atoms with Gasteiger partial charge in [0.1, 0.15) is 0 Å². The molecule has 3 N–H and O–H groups in total. The Morgan fingerprint density at radius 2 is 1.79 bits per heavy atom. The Morgan fingerprint density at radius 1 is 1.14 bits per heavy atom. The van der Waals surface area contributed by atoms with Gasteiger partial charge in [-0.1, -0.05) is 66.3 Å². The summed E-state index contributed by atoms with van der Waals surface area (Å²) >= 11 is 0. The molecule has 2 aliphatic rings. The van der Waals surface area contributed by atoms with Crippen molar-refractivity contribution in [3.63, 3.8) is 0 Å². The number of hydrogen-bond donors (Lipinski definition) is 3. The van der Waals surface area contributed by atoms with E-state index in [0.717, 1.165) is 24.0 Å². The van der Waals surface area contributed by atoms with Crippen LogP contribution in [0.15, 0.2) is 36.0 Å². The molecule has 0 bridgehead atoms. The number of aliphatic hydroxyl groups excluding tert-OH is 3. The van der Waals surface area contributed by atoms with E-state index in [1.54, 1.807) is 0 Å². The van der Waals surface area contributed by atoms with Crippen molar-refractivity contribution < 1.29 is 15.3 Å². The molecule has 0 spiro atoms. The number of aliphatic hydroxyl groups is 3. The van der Waals surface area contributed by atoms with Crippen molar-refractivity contribution in [3.05, 3.63) is 36.0 Å². The van der Waals surface area contributed by atoms with Crippen molar-refractivity contribution in [2.45, 2.75) is 98.4 Å². The van der Waals surface area contributed by atoms with Gasteiger partial charge in [-0.25, -0.2) is 0 Å². The van der Waals surface area contributed by atoms with Gasteiger partial charge in [-0.3, -0.25) is 0 Å². The van der Waals surface area contributed by atoms with Crippen LogP contribution in [0.4, 0.5) is 0 Å². The van der Waals surface area contributed by atoms with Crippen molar-refractivity contribution in [1.82, 2.24) is 0 Å². The molecule has 0 aliphatic heterocycles. The van der Waals surface area contributed by atoms with Gasteiger partial charge in [-0.05, 0) is 71.8 Å². The van der Waals surface area contributed by atoms with Gasteiger partial charge < -0.3 is 15.3 Å². The summed E-state index contributed by atoms with van der Waals surface area (Å²) < 4.78 is 0. The normalized spacial score (nSPS) is 36.3. The molecular formula is C26H44O3. The summed E-state index contributed by atoms with van der Waals surface area (Å²) in [5.74, 6) is 1.38. The van der Waals surface area contributed by atoms with Crippen LogP contribution in [-0.2, 0) is 0 Å². The second-order valence-electron chi connectivity index (χ2n) is 10.8. The van der Waals surface area contributed by atoms with Crippen LogP contribution in [-0.4, -0.2) is 33.6 Å². The zero-order valence-electron chi connectivity index (χ0n) is 19.5. The molecule has 29 heavy (non-hydrogen) atoms. The van der Waals surface area contributed by atoms with E-state index in [-0.39, 0.29) is 16.9 Å². The maximum Gasteiger partial charge on any atom is 0.0811 e. The highest BCUT2D eigenvalue weighted by Gasteiger charge is 2.52. The summed E-state index contributed by atoms with van der Waals surface area (Å²) in [6.07, 6.45) is 10.4. The van der Waals surface area contributed by atoms with Crippen LogP contribution in [0.1, 0.15) is 80.1 Å². The smallest absolute Gasteiger partial charge is 0.0811 e. The van der Waals surface area contributed by atoms with E-state index in [1.165, 1.54) is 12.8 Å². The van der Waals surface area contributed by atoms with Crippen LogP contribution < -0.4 is 0 Å². The van der Waals surface area contributed by atoms with Gasteiger partial charge in [0.15, 0.2) is 0 Å². The van der Waals surface area contributed by atoms with Crippen molar-refractivity contribution in [2.24, 2.45) is 28.6 Å². The predicted molar refractivity (Wildman–Crippen MR) is 121 cm³/mol. The van der Waals surface area contributed by atoms with E-state index in [4.69, 9.17) is 0 Å². The Labute approximate surface area is 178 Å². The molecule has 0 amide bonds. The minimum Gasteiger partial charge on any atom is -0.393 e. The van der Waals surface area contributed by atoms with Crippen LogP contribution in [0, 0.1) is 28.6 Å². The number of hydrogen-bond acceptors (Lipinski definition) is 3. The van der Waals surface area contributed by atoms with Crippen molar-refractivity contribution in [3.8, 4) is 0 Å². The molecule has 0 aromatic rings. The van der Waals surface area contributed by atoms with Gasteiger partial charge >= 0.3 is 0 Å². The van der Waals surface area contributed by atoms with Crippen LogP contribution in [0.3, 0.4) is 0 Å². The Bertz CT molecular complexity index is 630. The van der Waals surface area contributed by atoms with Crippen LogP contribution in [0.25, 0.3) is 0 Å². The average molecular weight is 405 g/mol. The zero-order valence-corrected chi connectivity index (χ0v) is 19.5. The van der Waals surface area contributed by atoms with E-state index in [9.17, 15) is 15.3 Å². The van der Waals surface area contributed by atoms with Gasteiger partial charge in [0, 0.05) is 6.42 Å². The Balaban J connectivity index is 2.06. The minimum absolute atomic E-state index is 0.173. The molecule has 3 heteroatoms. The lowest BCUT2D eigenvalue weighted by atomic mass is 9.59. The van der Waals surface area contributed by atoms with E-state index in [0.29, 0.717) is 30.6 Å². The van der Waals surface area contributed by atoms with Gasteiger partial charge in [0.2, 0.25) is 0 Å². The Morgan fingerprint density at radius 3 is 2.41 bits per heavy atom. The van der Waals surface area contributed by atoms with Crippen LogP contribution in [0.2, 0.25) is 0 Å². The Hall–Kier alpha value is -0.900. The third-order valence-corrected chi connectivity index (χ3v) is 8.53. The fourth-order valence-corrected chi connectivity index (χ4v) is 5.42. The number of rotatable bonds is 7.